The number of nitrogens with zero attached hydrogens (tertiary/aromatic N) is 1. The molecule has 1 saturated heterocycles. The molecule has 0 bridgehead atoms. The van der Waals surface area contributed by atoms with Crippen LogP contribution in [0.1, 0.15) is 53.0 Å². The third-order valence-corrected chi connectivity index (χ3v) is 10.2. The molecule has 1 aromatic carbocycles. The summed E-state index contributed by atoms with van der Waals surface area (Å²) in [7, 11) is -1.84. The summed E-state index contributed by atoms with van der Waals surface area (Å²) in [5, 5.41) is 2.29. The van der Waals surface area contributed by atoms with E-state index < -0.39 is 8.32 Å². The van der Waals surface area contributed by atoms with Gasteiger partial charge in [0, 0.05) is 19.6 Å². The van der Waals surface area contributed by atoms with Crippen LogP contribution in [-0.4, -0.2) is 38.4 Å². The number of hydrogen-bond acceptors (Lipinski definition) is 4. The van der Waals surface area contributed by atoms with Gasteiger partial charge in [-0.2, -0.15) is 5.06 Å². The maximum atomic E-state index is 6.79. The Morgan fingerprint density at radius 2 is 1.85 bits per heavy atom. The molecule has 0 radical (unpaired) electrons. The summed E-state index contributed by atoms with van der Waals surface area (Å²) in [6.45, 7) is 17.2. The molecule has 1 fully saturated rings. The molecular formula is C21H37NO3Si. The molecule has 3 unspecified atom stereocenters. The lowest BCUT2D eigenvalue weighted by Crippen LogP contribution is -2.49. The van der Waals surface area contributed by atoms with Gasteiger partial charge in [-0.25, -0.2) is 0 Å². The van der Waals surface area contributed by atoms with Crippen LogP contribution in [0.5, 0.6) is 0 Å². The predicted octanol–water partition coefficient (Wildman–Crippen LogP) is 5.36. The number of hydrogen-bond donors (Lipinski definition) is 0. The molecule has 1 heterocycles. The zero-order chi connectivity index (χ0) is 19.4. The Hall–Kier alpha value is -0.723. The smallest absolute Gasteiger partial charge is 0.192 e. The SMILES string of the molecule is CCOC1CC(C(CC)O[Si](C)(C)C(C)(C)C)N(Cc2ccccc2)O1. The van der Waals surface area contributed by atoms with Crippen molar-refractivity contribution in [1.29, 1.82) is 0 Å². The van der Waals surface area contributed by atoms with Gasteiger partial charge in [0.25, 0.3) is 0 Å². The molecule has 0 saturated carbocycles. The highest BCUT2D eigenvalue weighted by Gasteiger charge is 2.44. The summed E-state index contributed by atoms with van der Waals surface area (Å²) in [4.78, 5) is 6.15. The quantitative estimate of drug-likeness (QED) is 0.569. The van der Waals surface area contributed by atoms with Crippen LogP contribution in [0.3, 0.4) is 0 Å². The second kappa shape index (κ2) is 8.98. The second-order valence-corrected chi connectivity index (χ2v) is 13.4. The second-order valence-electron chi connectivity index (χ2n) is 8.68. The molecule has 1 aliphatic rings. The minimum absolute atomic E-state index is 0.157. The zero-order valence-corrected chi connectivity index (χ0v) is 18.6. The molecule has 1 aromatic rings. The lowest BCUT2D eigenvalue weighted by Gasteiger charge is -2.41. The monoisotopic (exact) mass is 379 g/mol. The van der Waals surface area contributed by atoms with Gasteiger partial charge in [-0.1, -0.05) is 58.0 Å². The molecule has 148 valence electrons. The van der Waals surface area contributed by atoms with Gasteiger partial charge in [-0.15, -0.1) is 0 Å². The van der Waals surface area contributed by atoms with Crippen molar-refractivity contribution in [3.63, 3.8) is 0 Å². The van der Waals surface area contributed by atoms with E-state index in [2.05, 4.69) is 70.1 Å². The summed E-state index contributed by atoms with van der Waals surface area (Å²) in [6, 6.07) is 10.7. The molecule has 0 spiro atoms. The van der Waals surface area contributed by atoms with Crippen molar-refractivity contribution in [3.8, 4) is 0 Å². The van der Waals surface area contributed by atoms with Crippen molar-refractivity contribution in [2.75, 3.05) is 6.61 Å². The molecule has 5 heteroatoms. The van der Waals surface area contributed by atoms with Crippen LogP contribution < -0.4 is 0 Å². The minimum Gasteiger partial charge on any atom is -0.412 e. The van der Waals surface area contributed by atoms with Gasteiger partial charge < -0.3 is 9.16 Å². The van der Waals surface area contributed by atoms with Gasteiger partial charge >= 0.3 is 0 Å². The van der Waals surface area contributed by atoms with E-state index >= 15 is 0 Å². The van der Waals surface area contributed by atoms with Crippen LogP contribution in [-0.2, 0) is 20.5 Å². The van der Waals surface area contributed by atoms with Gasteiger partial charge in [0.15, 0.2) is 14.6 Å². The highest BCUT2D eigenvalue weighted by Crippen LogP contribution is 2.39. The third-order valence-electron chi connectivity index (χ3n) is 5.67. The number of benzene rings is 1. The van der Waals surface area contributed by atoms with E-state index in [0.29, 0.717) is 6.61 Å². The van der Waals surface area contributed by atoms with Crippen molar-refractivity contribution in [3.05, 3.63) is 35.9 Å². The first-order valence-electron chi connectivity index (χ1n) is 9.94. The molecule has 0 N–H and O–H groups in total. The summed E-state index contributed by atoms with van der Waals surface area (Å²) in [5.74, 6) is 0. The van der Waals surface area contributed by atoms with Crippen LogP contribution in [0.2, 0.25) is 18.1 Å². The van der Waals surface area contributed by atoms with Crippen LogP contribution in [0.15, 0.2) is 30.3 Å². The zero-order valence-electron chi connectivity index (χ0n) is 17.6. The van der Waals surface area contributed by atoms with E-state index in [1.54, 1.807) is 0 Å². The van der Waals surface area contributed by atoms with Gasteiger partial charge in [-0.3, -0.25) is 4.84 Å². The van der Waals surface area contributed by atoms with Crippen LogP contribution in [0.25, 0.3) is 0 Å². The molecule has 0 amide bonds. The molecule has 1 aliphatic heterocycles. The Kier molecular flexibility index (Phi) is 7.45. The fraction of sp³-hybridized carbons (Fsp3) is 0.714. The van der Waals surface area contributed by atoms with Gasteiger partial charge in [0.2, 0.25) is 0 Å². The maximum Gasteiger partial charge on any atom is 0.192 e. The first-order chi connectivity index (χ1) is 12.2. The molecule has 0 aliphatic carbocycles. The van der Waals surface area contributed by atoms with E-state index in [4.69, 9.17) is 14.0 Å². The topological polar surface area (TPSA) is 30.9 Å². The Morgan fingerprint density at radius 3 is 2.38 bits per heavy atom. The summed E-state index contributed by atoms with van der Waals surface area (Å²) in [6.07, 6.45) is 1.81. The van der Waals surface area contributed by atoms with Crippen molar-refractivity contribution < 1.29 is 14.0 Å². The minimum atomic E-state index is -1.84. The Labute approximate surface area is 160 Å². The molecular weight excluding hydrogens is 342 g/mol. The fourth-order valence-electron chi connectivity index (χ4n) is 3.12. The third kappa shape index (κ3) is 5.39. The normalized spacial score (nSPS) is 23.3. The summed E-state index contributed by atoms with van der Waals surface area (Å²) < 4.78 is 12.6. The van der Waals surface area contributed by atoms with Gasteiger partial charge in [0.1, 0.15) is 0 Å². The highest BCUT2D eigenvalue weighted by atomic mass is 28.4. The Bertz CT molecular complexity index is 544. The lowest BCUT2D eigenvalue weighted by molar-refractivity contribution is -0.247. The van der Waals surface area contributed by atoms with Gasteiger partial charge in [0.05, 0.1) is 12.1 Å². The van der Waals surface area contributed by atoms with Crippen molar-refractivity contribution in [1.82, 2.24) is 5.06 Å². The highest BCUT2D eigenvalue weighted by molar-refractivity contribution is 6.74. The van der Waals surface area contributed by atoms with E-state index in [9.17, 15) is 0 Å². The maximum absolute atomic E-state index is 6.79. The van der Waals surface area contributed by atoms with Crippen LogP contribution in [0.4, 0.5) is 0 Å². The Balaban J connectivity index is 2.17. The molecule has 3 atom stereocenters. The van der Waals surface area contributed by atoms with E-state index in [1.165, 1.54) is 5.56 Å². The summed E-state index contributed by atoms with van der Waals surface area (Å²) in [5.41, 5.74) is 1.25. The van der Waals surface area contributed by atoms with Crippen LogP contribution in [0, 0.1) is 0 Å². The molecule has 4 nitrogen and oxygen atoms in total. The number of rotatable bonds is 8. The number of hydroxylamine groups is 2. The lowest BCUT2D eigenvalue weighted by atomic mass is 10.1. The average Bonchev–Trinajstić information content (AvgIpc) is 2.95. The van der Waals surface area contributed by atoms with Crippen molar-refractivity contribution in [2.24, 2.45) is 0 Å². The van der Waals surface area contributed by atoms with E-state index in [-0.39, 0.29) is 23.5 Å². The average molecular weight is 380 g/mol. The van der Waals surface area contributed by atoms with Gasteiger partial charge in [-0.05, 0) is 37.0 Å². The number of ether oxygens (including phenoxy) is 1. The summed E-state index contributed by atoms with van der Waals surface area (Å²) >= 11 is 0. The largest absolute Gasteiger partial charge is 0.412 e. The fourth-order valence-corrected chi connectivity index (χ4v) is 4.55. The van der Waals surface area contributed by atoms with Crippen molar-refractivity contribution >= 4 is 8.32 Å². The Morgan fingerprint density at radius 1 is 1.19 bits per heavy atom. The van der Waals surface area contributed by atoms with Crippen molar-refractivity contribution in [2.45, 2.75) is 90.6 Å². The van der Waals surface area contributed by atoms with Crippen LogP contribution >= 0.6 is 0 Å². The molecule has 2 rings (SSSR count). The first kappa shape index (κ1) is 21.6. The molecule has 0 aromatic heterocycles. The molecule has 26 heavy (non-hydrogen) atoms. The van der Waals surface area contributed by atoms with E-state index in [1.807, 2.05) is 13.0 Å². The van der Waals surface area contributed by atoms with E-state index in [0.717, 1.165) is 19.4 Å². The first-order valence-corrected chi connectivity index (χ1v) is 12.9. The predicted molar refractivity (Wildman–Crippen MR) is 109 cm³/mol. The standard InChI is InChI=1S/C21H37NO3Si/c1-8-19(25-26(6,7)21(3,4)5)18-15-20(23-9-2)24-22(18)16-17-13-11-10-12-14-17/h10-14,18-20H,8-9,15-16H2,1-7H3.